The van der Waals surface area contributed by atoms with E-state index in [2.05, 4.69) is 4.72 Å². The highest BCUT2D eigenvalue weighted by Crippen LogP contribution is 2.40. The SMILES string of the molecule is COc1cc(C=Cc2cc(OC)c(OC)c(OC)c2)c(NS(=O)(=O)c2cccc(C(F)(F)F)c2)cc1OC. The van der Waals surface area contributed by atoms with Crippen LogP contribution in [-0.2, 0) is 16.2 Å². The number of alkyl halides is 3. The number of nitrogens with one attached hydrogen (secondary N) is 1. The fourth-order valence-electron chi connectivity index (χ4n) is 3.55. The maximum atomic E-state index is 13.2. The molecule has 0 amide bonds. The largest absolute Gasteiger partial charge is 0.493 e. The topological polar surface area (TPSA) is 92.3 Å². The second-order valence-electron chi connectivity index (χ2n) is 7.72. The van der Waals surface area contributed by atoms with E-state index < -0.39 is 26.7 Å². The number of hydrogen-bond acceptors (Lipinski definition) is 7. The van der Waals surface area contributed by atoms with Crippen LogP contribution in [0.25, 0.3) is 12.2 Å². The molecule has 0 atom stereocenters. The van der Waals surface area contributed by atoms with Crippen LogP contribution in [0.4, 0.5) is 18.9 Å². The molecule has 0 unspecified atom stereocenters. The summed E-state index contributed by atoms with van der Waals surface area (Å²) in [5.74, 6) is 1.72. The van der Waals surface area contributed by atoms with Crippen molar-refractivity contribution in [2.75, 3.05) is 40.3 Å². The lowest BCUT2D eigenvalue weighted by Crippen LogP contribution is -2.15. The minimum absolute atomic E-state index is 0.0451. The van der Waals surface area contributed by atoms with E-state index in [4.69, 9.17) is 23.7 Å². The predicted molar refractivity (Wildman–Crippen MR) is 137 cm³/mol. The Morgan fingerprint density at radius 1 is 0.737 bits per heavy atom. The molecule has 0 saturated heterocycles. The molecular formula is C26H26F3NO7S. The van der Waals surface area contributed by atoms with Crippen molar-refractivity contribution in [1.29, 1.82) is 0 Å². The van der Waals surface area contributed by atoms with Crippen molar-refractivity contribution in [1.82, 2.24) is 0 Å². The molecular weight excluding hydrogens is 527 g/mol. The maximum Gasteiger partial charge on any atom is 0.416 e. The van der Waals surface area contributed by atoms with E-state index in [9.17, 15) is 21.6 Å². The first kappa shape index (κ1) is 28.5. The summed E-state index contributed by atoms with van der Waals surface area (Å²) in [4.78, 5) is -0.554. The molecule has 0 heterocycles. The highest BCUT2D eigenvalue weighted by Gasteiger charge is 2.32. The molecule has 3 aromatic carbocycles. The molecule has 204 valence electrons. The Labute approximate surface area is 218 Å². The summed E-state index contributed by atoms with van der Waals surface area (Å²) in [6.07, 6.45) is -1.45. The Kier molecular flexibility index (Phi) is 8.67. The number of methoxy groups -OCH3 is 5. The number of benzene rings is 3. The van der Waals surface area contributed by atoms with Crippen LogP contribution in [0.5, 0.6) is 28.7 Å². The number of anilines is 1. The lowest BCUT2D eigenvalue weighted by molar-refractivity contribution is -0.137. The van der Waals surface area contributed by atoms with E-state index in [1.165, 1.54) is 47.7 Å². The Morgan fingerprint density at radius 2 is 1.32 bits per heavy atom. The maximum absolute atomic E-state index is 13.2. The minimum Gasteiger partial charge on any atom is -0.493 e. The van der Waals surface area contributed by atoms with Crippen LogP contribution in [-0.4, -0.2) is 44.0 Å². The molecule has 0 aromatic heterocycles. The van der Waals surface area contributed by atoms with Gasteiger partial charge in [-0.05, 0) is 42.0 Å². The quantitative estimate of drug-likeness (QED) is 0.321. The molecule has 0 aliphatic carbocycles. The van der Waals surface area contributed by atoms with E-state index in [0.717, 1.165) is 18.2 Å². The predicted octanol–water partition coefficient (Wildman–Crippen LogP) is 5.72. The highest BCUT2D eigenvalue weighted by molar-refractivity contribution is 7.92. The van der Waals surface area contributed by atoms with E-state index >= 15 is 0 Å². The van der Waals surface area contributed by atoms with Crippen molar-refractivity contribution in [3.05, 3.63) is 65.2 Å². The molecule has 38 heavy (non-hydrogen) atoms. The Bertz CT molecular complexity index is 1410. The average molecular weight is 554 g/mol. The fraction of sp³-hybridized carbons (Fsp3) is 0.231. The molecule has 0 bridgehead atoms. The van der Waals surface area contributed by atoms with Gasteiger partial charge < -0.3 is 23.7 Å². The molecule has 8 nitrogen and oxygen atoms in total. The molecule has 1 N–H and O–H groups in total. The highest BCUT2D eigenvalue weighted by atomic mass is 32.2. The number of ether oxygens (including phenoxy) is 5. The van der Waals surface area contributed by atoms with Gasteiger partial charge >= 0.3 is 6.18 Å². The molecule has 3 aromatic rings. The van der Waals surface area contributed by atoms with E-state index in [1.807, 2.05) is 0 Å². The summed E-state index contributed by atoms with van der Waals surface area (Å²) in [6.45, 7) is 0. The molecule has 0 aliphatic rings. The first-order valence-electron chi connectivity index (χ1n) is 10.9. The summed E-state index contributed by atoms with van der Waals surface area (Å²) < 4.78 is 94.7. The van der Waals surface area contributed by atoms with E-state index in [1.54, 1.807) is 24.3 Å². The van der Waals surface area contributed by atoms with Gasteiger partial charge in [-0.2, -0.15) is 13.2 Å². The Morgan fingerprint density at radius 3 is 1.84 bits per heavy atom. The first-order chi connectivity index (χ1) is 18.0. The smallest absolute Gasteiger partial charge is 0.416 e. The monoisotopic (exact) mass is 553 g/mol. The van der Waals surface area contributed by atoms with E-state index in [-0.39, 0.29) is 11.4 Å². The number of halogens is 3. The van der Waals surface area contributed by atoms with Gasteiger partial charge in [-0.15, -0.1) is 0 Å². The molecule has 12 heteroatoms. The van der Waals surface area contributed by atoms with Gasteiger partial charge in [0.05, 0.1) is 51.7 Å². The van der Waals surface area contributed by atoms with Crippen LogP contribution in [0.15, 0.2) is 53.4 Å². The summed E-state index contributed by atoms with van der Waals surface area (Å²) in [5, 5.41) is 0. The zero-order chi connectivity index (χ0) is 28.1. The van der Waals surface area contributed by atoms with Gasteiger partial charge in [0.1, 0.15) is 0 Å². The van der Waals surface area contributed by atoms with Crippen LogP contribution in [0.3, 0.4) is 0 Å². The van der Waals surface area contributed by atoms with Gasteiger partial charge in [0.2, 0.25) is 5.75 Å². The summed E-state index contributed by atoms with van der Waals surface area (Å²) >= 11 is 0. The second-order valence-corrected chi connectivity index (χ2v) is 9.40. The van der Waals surface area contributed by atoms with Gasteiger partial charge in [0.15, 0.2) is 23.0 Å². The van der Waals surface area contributed by atoms with Crippen molar-refractivity contribution in [2.45, 2.75) is 11.1 Å². The summed E-state index contributed by atoms with van der Waals surface area (Å²) in [7, 11) is 2.79. The standard InChI is InChI=1S/C26H26F3NO7S/c1-33-21-13-17(10-9-16-11-23(35-3)25(37-5)24(12-16)36-4)20(15-22(21)34-2)30-38(31,32)19-8-6-7-18(14-19)26(27,28)29/h6-15,30H,1-5H3. The summed E-state index contributed by atoms with van der Waals surface area (Å²) in [5.41, 5.74) is -0.0770. The zero-order valence-corrected chi connectivity index (χ0v) is 22.0. The van der Waals surface area contributed by atoms with Gasteiger partial charge in [-0.25, -0.2) is 8.42 Å². The molecule has 0 fully saturated rings. The molecule has 3 rings (SSSR count). The number of sulfonamides is 1. The third-order valence-corrected chi connectivity index (χ3v) is 6.78. The summed E-state index contributed by atoms with van der Waals surface area (Å²) in [6, 6.07) is 9.73. The lowest BCUT2D eigenvalue weighted by atomic mass is 10.1. The van der Waals surface area contributed by atoms with Crippen molar-refractivity contribution in [2.24, 2.45) is 0 Å². The normalized spacial score (nSPS) is 11.8. The van der Waals surface area contributed by atoms with E-state index in [0.29, 0.717) is 40.2 Å². The molecule has 0 saturated carbocycles. The Balaban J connectivity index is 2.09. The van der Waals surface area contributed by atoms with Crippen molar-refractivity contribution in [3.63, 3.8) is 0 Å². The molecule has 0 aliphatic heterocycles. The zero-order valence-electron chi connectivity index (χ0n) is 21.2. The van der Waals surface area contributed by atoms with Gasteiger partial charge in [-0.3, -0.25) is 4.72 Å². The molecule has 0 spiro atoms. The van der Waals surface area contributed by atoms with Crippen molar-refractivity contribution in [3.8, 4) is 28.7 Å². The first-order valence-corrected chi connectivity index (χ1v) is 12.4. The number of rotatable bonds is 10. The van der Waals surface area contributed by atoms with Crippen LogP contribution < -0.4 is 28.4 Å². The van der Waals surface area contributed by atoms with Gasteiger partial charge in [0.25, 0.3) is 10.0 Å². The van der Waals surface area contributed by atoms with Crippen LogP contribution in [0.1, 0.15) is 16.7 Å². The van der Waals surface area contributed by atoms with Crippen LogP contribution >= 0.6 is 0 Å². The number of hydrogen-bond donors (Lipinski definition) is 1. The minimum atomic E-state index is -4.71. The molecule has 0 radical (unpaired) electrons. The third kappa shape index (κ3) is 6.25. The fourth-order valence-corrected chi connectivity index (χ4v) is 4.67. The third-order valence-electron chi connectivity index (χ3n) is 5.41. The lowest BCUT2D eigenvalue weighted by Gasteiger charge is -2.16. The van der Waals surface area contributed by atoms with Gasteiger partial charge in [0, 0.05) is 11.6 Å². The average Bonchev–Trinajstić information content (AvgIpc) is 2.90. The Hall–Kier alpha value is -4.06. The van der Waals surface area contributed by atoms with Crippen LogP contribution in [0, 0.1) is 0 Å². The van der Waals surface area contributed by atoms with Crippen molar-refractivity contribution >= 4 is 27.9 Å². The van der Waals surface area contributed by atoms with Crippen LogP contribution in [0.2, 0.25) is 0 Å². The van der Waals surface area contributed by atoms with Crippen molar-refractivity contribution < 1.29 is 45.3 Å². The van der Waals surface area contributed by atoms with Gasteiger partial charge in [-0.1, -0.05) is 18.2 Å². The second kappa shape index (κ2) is 11.5.